The highest BCUT2D eigenvalue weighted by Crippen LogP contribution is 2.33. The zero-order valence-electron chi connectivity index (χ0n) is 25.0. The number of fused-ring (bicyclic) bond motifs is 1. The molecule has 6 heteroatoms. The second-order valence-electron chi connectivity index (χ2n) is 10.9. The van der Waals surface area contributed by atoms with Crippen LogP contribution in [0.25, 0.3) is 21.9 Å². The van der Waals surface area contributed by atoms with E-state index in [9.17, 15) is 4.79 Å². The number of methoxy groups -OCH3 is 1. The van der Waals surface area contributed by atoms with Crippen molar-refractivity contribution < 1.29 is 19.4 Å². The van der Waals surface area contributed by atoms with Crippen LogP contribution in [0, 0.1) is 6.92 Å². The van der Waals surface area contributed by atoms with Crippen LogP contribution in [0.5, 0.6) is 11.5 Å². The lowest BCUT2D eigenvalue weighted by Crippen LogP contribution is -2.35. The summed E-state index contributed by atoms with van der Waals surface area (Å²) in [5.74, 6) is 1.29. The van der Waals surface area contributed by atoms with Crippen LogP contribution in [0.4, 0.5) is 0 Å². The van der Waals surface area contributed by atoms with Crippen LogP contribution in [0.15, 0.2) is 89.8 Å². The molecule has 2 aliphatic rings. The molecule has 1 heterocycles. The summed E-state index contributed by atoms with van der Waals surface area (Å²) in [6.45, 7) is 3.06. The number of hydrogen-bond donors (Lipinski definition) is 1. The first kappa shape index (κ1) is 31.6. The van der Waals surface area contributed by atoms with Crippen LogP contribution in [0.2, 0.25) is 0 Å². The molecule has 1 saturated carbocycles. The topological polar surface area (TPSA) is 59.0 Å². The SMILES string of the molecule is COC.Cc1ccc(-c2ccc(O)cc2)cc1.O=CC1CCCCN1Sc1ccc2cc(OC3CCCC3)ccc2c1. The average molecular weight is 586 g/mol. The van der Waals surface area contributed by atoms with Crippen molar-refractivity contribution in [3.05, 3.63) is 90.5 Å². The highest BCUT2D eigenvalue weighted by Gasteiger charge is 2.23. The Morgan fingerprint density at radius 2 is 1.38 bits per heavy atom. The van der Waals surface area contributed by atoms with Gasteiger partial charge in [0.05, 0.1) is 12.1 Å². The van der Waals surface area contributed by atoms with E-state index in [1.807, 2.05) is 12.1 Å². The minimum atomic E-state index is 0.0524. The van der Waals surface area contributed by atoms with Gasteiger partial charge in [-0.2, -0.15) is 0 Å². The molecule has 0 radical (unpaired) electrons. The lowest BCUT2D eigenvalue weighted by Gasteiger charge is -2.30. The van der Waals surface area contributed by atoms with E-state index in [4.69, 9.17) is 9.84 Å². The van der Waals surface area contributed by atoms with Gasteiger partial charge in [0, 0.05) is 25.7 Å². The van der Waals surface area contributed by atoms with Crippen molar-refractivity contribution in [2.24, 2.45) is 0 Å². The largest absolute Gasteiger partial charge is 0.508 e. The molecule has 0 bridgehead atoms. The van der Waals surface area contributed by atoms with Crippen LogP contribution in [-0.4, -0.2) is 48.6 Å². The number of phenolic OH excluding ortho intramolecular Hbond substituents is 1. The highest BCUT2D eigenvalue weighted by molar-refractivity contribution is 7.97. The molecule has 1 N–H and O–H groups in total. The minimum Gasteiger partial charge on any atom is -0.508 e. The molecule has 1 aliphatic heterocycles. The van der Waals surface area contributed by atoms with Crippen molar-refractivity contribution in [1.82, 2.24) is 4.31 Å². The lowest BCUT2D eigenvalue weighted by atomic mass is 10.0. The second-order valence-corrected chi connectivity index (χ2v) is 12.1. The third kappa shape index (κ3) is 9.35. The van der Waals surface area contributed by atoms with Gasteiger partial charge in [0.2, 0.25) is 0 Å². The van der Waals surface area contributed by atoms with Crippen molar-refractivity contribution in [3.63, 3.8) is 0 Å². The Kier molecular flexibility index (Phi) is 12.3. The molecule has 1 unspecified atom stereocenters. The van der Waals surface area contributed by atoms with E-state index in [0.29, 0.717) is 11.9 Å². The van der Waals surface area contributed by atoms with E-state index in [1.54, 1.807) is 38.3 Å². The summed E-state index contributed by atoms with van der Waals surface area (Å²) in [5, 5.41) is 11.6. The average Bonchev–Trinajstić information content (AvgIpc) is 3.52. The van der Waals surface area contributed by atoms with Gasteiger partial charge in [-0.1, -0.05) is 60.5 Å². The summed E-state index contributed by atoms with van der Waals surface area (Å²) < 4.78 is 12.6. The lowest BCUT2D eigenvalue weighted by molar-refractivity contribution is -0.111. The number of phenols is 1. The number of aryl methyl sites for hydroxylation is 1. The first-order valence-corrected chi connectivity index (χ1v) is 15.6. The molecule has 222 valence electrons. The maximum absolute atomic E-state index is 11.3. The van der Waals surface area contributed by atoms with Crippen molar-refractivity contribution in [2.45, 2.75) is 68.9 Å². The zero-order valence-corrected chi connectivity index (χ0v) is 25.8. The quantitative estimate of drug-likeness (QED) is 0.180. The third-order valence-corrected chi connectivity index (χ3v) is 8.67. The molecule has 0 aromatic heterocycles. The number of aldehydes is 1. The van der Waals surface area contributed by atoms with Gasteiger partial charge in [-0.25, -0.2) is 4.31 Å². The monoisotopic (exact) mass is 585 g/mol. The van der Waals surface area contributed by atoms with Crippen molar-refractivity contribution in [3.8, 4) is 22.6 Å². The minimum absolute atomic E-state index is 0.0524. The number of benzene rings is 4. The Bertz CT molecular complexity index is 1340. The third-order valence-electron chi connectivity index (χ3n) is 7.52. The fourth-order valence-electron chi connectivity index (χ4n) is 5.25. The Morgan fingerprint density at radius 3 is 2.05 bits per heavy atom. The number of piperidine rings is 1. The van der Waals surface area contributed by atoms with Gasteiger partial charge in [-0.15, -0.1) is 0 Å². The first-order chi connectivity index (χ1) is 20.5. The standard InChI is InChI=1S/C21H25NO2S.C13H12O.C2H6O/c23-15-18-5-3-4-12-22(18)25-21-11-9-16-13-20(10-8-17(16)14-21)24-19-6-1-2-7-19;1-10-2-4-11(5-3-10)12-6-8-13(14)9-7-12;1-3-2/h8-11,13-15,18-19H,1-7,12H2;2-9,14H,1H3;1-2H3. The fourth-order valence-corrected chi connectivity index (χ4v) is 6.34. The van der Waals surface area contributed by atoms with E-state index < -0.39 is 0 Å². The number of aromatic hydroxyl groups is 1. The Hall–Kier alpha value is -3.32. The van der Waals surface area contributed by atoms with E-state index >= 15 is 0 Å². The van der Waals surface area contributed by atoms with Crippen LogP contribution in [0.3, 0.4) is 0 Å². The summed E-state index contributed by atoms with van der Waals surface area (Å²) in [7, 11) is 3.25. The first-order valence-electron chi connectivity index (χ1n) is 14.9. The number of carbonyl (C=O) groups excluding carboxylic acids is 1. The molecule has 5 nitrogen and oxygen atoms in total. The predicted molar refractivity (Wildman–Crippen MR) is 174 cm³/mol. The highest BCUT2D eigenvalue weighted by atomic mass is 32.2. The van der Waals surface area contributed by atoms with Crippen LogP contribution < -0.4 is 4.74 Å². The van der Waals surface area contributed by atoms with Crippen molar-refractivity contribution >= 4 is 29.0 Å². The Balaban J connectivity index is 0.000000201. The van der Waals surface area contributed by atoms with E-state index in [0.717, 1.165) is 37.0 Å². The summed E-state index contributed by atoms with van der Waals surface area (Å²) in [4.78, 5) is 12.5. The molecule has 1 atom stereocenters. The smallest absolute Gasteiger partial charge is 0.138 e. The molecule has 0 spiro atoms. The molecule has 0 amide bonds. The van der Waals surface area contributed by atoms with Gasteiger partial charge in [0.15, 0.2) is 0 Å². The molecular formula is C36H43NO4S. The normalized spacial score (nSPS) is 17.1. The van der Waals surface area contributed by atoms with E-state index in [2.05, 4.69) is 76.6 Å². The maximum Gasteiger partial charge on any atom is 0.138 e. The van der Waals surface area contributed by atoms with Crippen LogP contribution >= 0.6 is 11.9 Å². The van der Waals surface area contributed by atoms with Gasteiger partial charge in [-0.05, 0) is 116 Å². The van der Waals surface area contributed by atoms with Gasteiger partial charge in [0.25, 0.3) is 0 Å². The molecule has 2 fully saturated rings. The van der Waals surface area contributed by atoms with E-state index in [-0.39, 0.29) is 6.04 Å². The Morgan fingerprint density at radius 1 is 0.786 bits per heavy atom. The Labute approximate surface area is 255 Å². The van der Waals surface area contributed by atoms with Crippen molar-refractivity contribution in [2.75, 3.05) is 20.8 Å². The van der Waals surface area contributed by atoms with Gasteiger partial charge in [0.1, 0.15) is 17.8 Å². The van der Waals surface area contributed by atoms with Crippen LogP contribution in [-0.2, 0) is 9.53 Å². The number of carbonyl (C=O) groups is 1. The fraction of sp³-hybridized carbons (Fsp3) is 0.361. The maximum atomic E-state index is 11.3. The molecule has 4 aromatic rings. The number of rotatable bonds is 6. The molecule has 1 aliphatic carbocycles. The number of nitrogens with zero attached hydrogens (tertiary/aromatic N) is 1. The number of hydrogen-bond acceptors (Lipinski definition) is 6. The number of ether oxygens (including phenoxy) is 2. The molecule has 42 heavy (non-hydrogen) atoms. The molecule has 4 aromatic carbocycles. The van der Waals surface area contributed by atoms with Gasteiger partial charge < -0.3 is 19.4 Å². The summed E-state index contributed by atoms with van der Waals surface area (Å²) in [6.07, 6.45) is 9.74. The molecule has 6 rings (SSSR count). The van der Waals surface area contributed by atoms with Gasteiger partial charge in [-0.3, -0.25) is 0 Å². The van der Waals surface area contributed by atoms with Crippen molar-refractivity contribution in [1.29, 1.82) is 0 Å². The second kappa shape index (κ2) is 16.4. The van der Waals surface area contributed by atoms with Crippen LogP contribution in [0.1, 0.15) is 50.5 Å². The molecule has 1 saturated heterocycles. The zero-order chi connectivity index (χ0) is 29.7. The van der Waals surface area contributed by atoms with E-state index in [1.165, 1.54) is 58.9 Å². The van der Waals surface area contributed by atoms with Gasteiger partial charge >= 0.3 is 0 Å². The summed E-state index contributed by atoms with van der Waals surface area (Å²) in [6, 6.07) is 28.6. The predicted octanol–water partition coefficient (Wildman–Crippen LogP) is 8.85. The molecular weight excluding hydrogens is 542 g/mol. The summed E-state index contributed by atoms with van der Waals surface area (Å²) in [5.41, 5.74) is 3.56. The summed E-state index contributed by atoms with van der Waals surface area (Å²) >= 11 is 1.71.